The summed E-state index contributed by atoms with van der Waals surface area (Å²) in [6.07, 6.45) is 5.54. The molecular formula is C7H13ClN2O. The molecule has 11 heavy (non-hydrogen) atoms. The van der Waals surface area contributed by atoms with Crippen LogP contribution in [0.2, 0.25) is 0 Å². The smallest absolute Gasteiger partial charge is 0.329 e. The van der Waals surface area contributed by atoms with Gasteiger partial charge in [-0.2, -0.15) is 0 Å². The van der Waals surface area contributed by atoms with E-state index in [9.17, 15) is 4.79 Å². The molecule has 2 N–H and O–H groups in total. The number of nitrogens with zero attached hydrogens (tertiary/aromatic N) is 1. The van der Waals surface area contributed by atoms with Gasteiger partial charge in [0, 0.05) is 11.8 Å². The van der Waals surface area contributed by atoms with Crippen LogP contribution in [-0.4, -0.2) is 16.5 Å². The fraction of sp³-hybridized carbons (Fsp3) is 0.857. The van der Waals surface area contributed by atoms with E-state index in [1.165, 1.54) is 6.42 Å². The molecule has 0 unspecified atom stereocenters. The van der Waals surface area contributed by atoms with Gasteiger partial charge < -0.3 is 5.73 Å². The van der Waals surface area contributed by atoms with Crippen LogP contribution in [0, 0.1) is 0 Å². The van der Waals surface area contributed by atoms with Crippen molar-refractivity contribution < 1.29 is 4.79 Å². The molecule has 0 radical (unpaired) electrons. The predicted molar refractivity (Wildman–Crippen MR) is 44.1 cm³/mol. The van der Waals surface area contributed by atoms with Crippen molar-refractivity contribution >= 4 is 17.8 Å². The molecule has 0 aromatic carbocycles. The van der Waals surface area contributed by atoms with Crippen LogP contribution in [0.15, 0.2) is 0 Å². The van der Waals surface area contributed by atoms with Crippen LogP contribution < -0.4 is 5.73 Å². The lowest BCUT2D eigenvalue weighted by Crippen LogP contribution is -2.37. The Balaban J connectivity index is 2.38. The highest BCUT2D eigenvalue weighted by atomic mass is 35.5. The zero-order valence-corrected chi connectivity index (χ0v) is 7.18. The van der Waals surface area contributed by atoms with Gasteiger partial charge in [-0.3, -0.25) is 0 Å². The number of primary amides is 1. The zero-order valence-electron chi connectivity index (χ0n) is 6.42. The molecule has 64 valence electrons. The maximum atomic E-state index is 10.6. The number of amides is 2. The van der Waals surface area contributed by atoms with Gasteiger partial charge in [0.05, 0.1) is 6.04 Å². The van der Waals surface area contributed by atoms with Gasteiger partial charge in [-0.1, -0.05) is 19.3 Å². The first-order chi connectivity index (χ1) is 5.22. The molecule has 1 saturated carbocycles. The number of nitrogens with two attached hydrogens (primary N) is 1. The summed E-state index contributed by atoms with van der Waals surface area (Å²) in [7, 11) is 0. The Morgan fingerprint density at radius 1 is 1.36 bits per heavy atom. The Kier molecular flexibility index (Phi) is 3.00. The van der Waals surface area contributed by atoms with Gasteiger partial charge in [-0.05, 0) is 12.8 Å². The van der Waals surface area contributed by atoms with E-state index in [-0.39, 0.29) is 6.04 Å². The van der Waals surface area contributed by atoms with Crippen LogP contribution in [0.3, 0.4) is 0 Å². The number of carbonyl (C=O) groups excluding carboxylic acids is 1. The lowest BCUT2D eigenvalue weighted by molar-refractivity contribution is 0.211. The third-order valence-corrected chi connectivity index (χ3v) is 2.55. The molecule has 1 rings (SSSR count). The Bertz CT molecular complexity index is 145. The first-order valence-corrected chi connectivity index (χ1v) is 4.30. The molecule has 0 spiro atoms. The second kappa shape index (κ2) is 3.81. The number of halogens is 1. The highest BCUT2D eigenvalue weighted by Crippen LogP contribution is 2.23. The van der Waals surface area contributed by atoms with Gasteiger partial charge in [-0.25, -0.2) is 9.21 Å². The van der Waals surface area contributed by atoms with Crippen LogP contribution in [-0.2, 0) is 0 Å². The third-order valence-electron chi connectivity index (χ3n) is 2.11. The summed E-state index contributed by atoms with van der Waals surface area (Å²) in [4.78, 5) is 10.6. The average Bonchev–Trinajstić information content (AvgIpc) is 2.05. The first-order valence-electron chi connectivity index (χ1n) is 3.96. The lowest BCUT2D eigenvalue weighted by Gasteiger charge is -2.26. The predicted octanol–water partition coefficient (Wildman–Crippen LogP) is 1.85. The summed E-state index contributed by atoms with van der Waals surface area (Å²) in [5.74, 6) is 0. The molecular weight excluding hydrogens is 164 g/mol. The normalized spacial score (nSPS) is 19.7. The van der Waals surface area contributed by atoms with Crippen molar-refractivity contribution in [1.29, 1.82) is 0 Å². The van der Waals surface area contributed by atoms with E-state index < -0.39 is 6.03 Å². The maximum Gasteiger partial charge on any atom is 0.329 e. The quantitative estimate of drug-likeness (QED) is 0.609. The van der Waals surface area contributed by atoms with E-state index in [4.69, 9.17) is 17.5 Å². The summed E-state index contributed by atoms with van der Waals surface area (Å²) in [6, 6.07) is -0.360. The van der Waals surface area contributed by atoms with E-state index >= 15 is 0 Å². The SMILES string of the molecule is NC(=O)N(Cl)C1CCCCC1. The fourth-order valence-electron chi connectivity index (χ4n) is 1.49. The second-order valence-corrected chi connectivity index (χ2v) is 3.31. The Hall–Kier alpha value is -0.440. The molecule has 0 aromatic rings. The molecule has 1 aliphatic rings. The van der Waals surface area contributed by atoms with Crippen LogP contribution in [0.4, 0.5) is 4.79 Å². The van der Waals surface area contributed by atoms with Crippen LogP contribution in [0.1, 0.15) is 32.1 Å². The van der Waals surface area contributed by atoms with Crippen molar-refractivity contribution in [2.75, 3.05) is 0 Å². The fourth-order valence-corrected chi connectivity index (χ4v) is 1.68. The number of hydrogen-bond donors (Lipinski definition) is 1. The standard InChI is InChI=1S/C7H13ClN2O/c8-10(7(9)11)6-4-2-1-3-5-6/h6H,1-5H2,(H2,9,11). The van der Waals surface area contributed by atoms with Gasteiger partial charge in [0.15, 0.2) is 0 Å². The molecule has 0 saturated heterocycles. The number of hydrogen-bond acceptors (Lipinski definition) is 1. The largest absolute Gasteiger partial charge is 0.350 e. The van der Waals surface area contributed by atoms with E-state index in [0.29, 0.717) is 0 Å². The highest BCUT2D eigenvalue weighted by molar-refractivity contribution is 6.21. The van der Waals surface area contributed by atoms with E-state index in [1.807, 2.05) is 0 Å². The van der Waals surface area contributed by atoms with Crippen molar-refractivity contribution in [2.45, 2.75) is 38.1 Å². The van der Waals surface area contributed by atoms with Crippen molar-refractivity contribution in [3.63, 3.8) is 0 Å². The minimum Gasteiger partial charge on any atom is -0.350 e. The Labute approximate surface area is 71.6 Å². The van der Waals surface area contributed by atoms with Gasteiger partial charge in [0.25, 0.3) is 0 Å². The molecule has 3 nitrogen and oxygen atoms in total. The van der Waals surface area contributed by atoms with E-state index in [1.54, 1.807) is 0 Å². The summed E-state index contributed by atoms with van der Waals surface area (Å²) >= 11 is 5.65. The maximum absolute atomic E-state index is 10.6. The van der Waals surface area contributed by atoms with Gasteiger partial charge in [-0.15, -0.1) is 0 Å². The summed E-state index contributed by atoms with van der Waals surface area (Å²) < 4.78 is 1.14. The monoisotopic (exact) mass is 176 g/mol. The van der Waals surface area contributed by atoms with Crippen molar-refractivity contribution in [3.8, 4) is 0 Å². The second-order valence-electron chi connectivity index (χ2n) is 2.94. The van der Waals surface area contributed by atoms with Crippen LogP contribution in [0.5, 0.6) is 0 Å². The molecule has 4 heteroatoms. The minimum atomic E-state index is -0.529. The highest BCUT2D eigenvalue weighted by Gasteiger charge is 2.21. The minimum absolute atomic E-state index is 0.169. The lowest BCUT2D eigenvalue weighted by atomic mass is 9.96. The average molecular weight is 177 g/mol. The molecule has 1 fully saturated rings. The Morgan fingerprint density at radius 2 is 1.91 bits per heavy atom. The van der Waals surface area contributed by atoms with E-state index in [2.05, 4.69) is 0 Å². The van der Waals surface area contributed by atoms with Gasteiger partial charge >= 0.3 is 6.03 Å². The zero-order chi connectivity index (χ0) is 8.27. The van der Waals surface area contributed by atoms with Crippen LogP contribution in [0.25, 0.3) is 0 Å². The molecule has 0 bridgehead atoms. The first kappa shape index (κ1) is 8.65. The van der Waals surface area contributed by atoms with Gasteiger partial charge in [0.2, 0.25) is 0 Å². The molecule has 0 heterocycles. The molecule has 0 aliphatic heterocycles. The number of rotatable bonds is 1. The molecule has 0 atom stereocenters. The summed E-state index contributed by atoms with van der Waals surface area (Å²) in [5, 5.41) is 0. The van der Waals surface area contributed by atoms with Crippen molar-refractivity contribution in [2.24, 2.45) is 5.73 Å². The topological polar surface area (TPSA) is 46.3 Å². The number of urea groups is 1. The van der Waals surface area contributed by atoms with E-state index in [0.717, 1.165) is 30.1 Å². The summed E-state index contributed by atoms with van der Waals surface area (Å²) in [5.41, 5.74) is 5.02. The Morgan fingerprint density at radius 3 is 2.36 bits per heavy atom. The molecule has 2 amide bonds. The van der Waals surface area contributed by atoms with Gasteiger partial charge in [0.1, 0.15) is 0 Å². The molecule has 0 aromatic heterocycles. The molecule has 1 aliphatic carbocycles. The number of carbonyl (C=O) groups is 1. The third kappa shape index (κ3) is 2.26. The van der Waals surface area contributed by atoms with Crippen molar-refractivity contribution in [3.05, 3.63) is 0 Å². The van der Waals surface area contributed by atoms with Crippen molar-refractivity contribution in [1.82, 2.24) is 4.42 Å². The summed E-state index contributed by atoms with van der Waals surface area (Å²) in [6.45, 7) is 0. The van der Waals surface area contributed by atoms with Crippen LogP contribution >= 0.6 is 11.8 Å².